The number of aromatic nitrogens is 2. The van der Waals surface area contributed by atoms with Crippen molar-refractivity contribution in [3.8, 4) is 0 Å². The second-order valence-electron chi connectivity index (χ2n) is 6.13. The Morgan fingerprint density at radius 2 is 1.00 bits per heavy atom. The molecule has 1 heterocycles. The molecule has 1 aromatic heterocycles. The van der Waals surface area contributed by atoms with Crippen LogP contribution >= 0.6 is 31.9 Å². The van der Waals surface area contributed by atoms with Crippen molar-refractivity contribution >= 4 is 42.9 Å². The number of hydrogen-bond donors (Lipinski definition) is 0. The number of benzene rings is 3. The number of nitrogens with zero attached hydrogens (tertiary/aromatic N) is 2. The van der Waals surface area contributed by atoms with E-state index in [1.807, 2.05) is 81.9 Å². The molecule has 0 saturated carbocycles. The maximum absolute atomic E-state index is 13.2. The van der Waals surface area contributed by atoms with Crippen LogP contribution in [0.5, 0.6) is 0 Å². The van der Waals surface area contributed by atoms with Crippen molar-refractivity contribution in [2.45, 2.75) is 13.1 Å². The predicted molar refractivity (Wildman–Crippen MR) is 113 cm³/mol. The van der Waals surface area contributed by atoms with Gasteiger partial charge in [0.2, 0.25) is 0 Å². The normalized spacial score (nSPS) is 11.2. The fraction of sp³-hybridized carbons (Fsp3) is 0.0952. The molecule has 130 valence electrons. The van der Waals surface area contributed by atoms with Crippen LogP contribution in [0.3, 0.4) is 0 Å². The largest absolute Gasteiger partial charge is 0.329 e. The van der Waals surface area contributed by atoms with E-state index < -0.39 is 0 Å². The lowest BCUT2D eigenvalue weighted by Gasteiger charge is -2.06. The zero-order valence-electron chi connectivity index (χ0n) is 13.9. The van der Waals surface area contributed by atoms with Gasteiger partial charge in [0.1, 0.15) is 0 Å². The van der Waals surface area contributed by atoms with E-state index in [9.17, 15) is 4.79 Å². The van der Waals surface area contributed by atoms with Crippen LogP contribution in [-0.2, 0) is 13.1 Å². The monoisotopic (exact) mass is 470 g/mol. The molecule has 4 aromatic rings. The van der Waals surface area contributed by atoms with E-state index in [-0.39, 0.29) is 5.69 Å². The molecular formula is C21H16Br2N2O. The van der Waals surface area contributed by atoms with Gasteiger partial charge in [-0.1, -0.05) is 80.4 Å². The van der Waals surface area contributed by atoms with Gasteiger partial charge in [0.25, 0.3) is 0 Å². The highest BCUT2D eigenvalue weighted by Gasteiger charge is 2.15. The van der Waals surface area contributed by atoms with Crippen molar-refractivity contribution in [1.82, 2.24) is 9.13 Å². The van der Waals surface area contributed by atoms with Crippen LogP contribution in [0.25, 0.3) is 11.0 Å². The van der Waals surface area contributed by atoms with Gasteiger partial charge in [-0.15, -0.1) is 0 Å². The first kappa shape index (κ1) is 17.3. The quantitative estimate of drug-likeness (QED) is 0.390. The van der Waals surface area contributed by atoms with Crippen molar-refractivity contribution in [3.05, 3.63) is 103 Å². The summed E-state index contributed by atoms with van der Waals surface area (Å²) >= 11 is 7.17. The Labute approximate surface area is 168 Å². The second kappa shape index (κ2) is 7.25. The van der Waals surface area contributed by atoms with Gasteiger partial charge in [-0.25, -0.2) is 4.79 Å². The van der Waals surface area contributed by atoms with E-state index in [1.54, 1.807) is 0 Å². The highest BCUT2D eigenvalue weighted by molar-refractivity contribution is 9.10. The highest BCUT2D eigenvalue weighted by atomic mass is 79.9. The van der Waals surface area contributed by atoms with Crippen LogP contribution in [0.1, 0.15) is 11.1 Å². The Morgan fingerprint density at radius 3 is 1.42 bits per heavy atom. The first-order valence-corrected chi connectivity index (χ1v) is 9.88. The van der Waals surface area contributed by atoms with Crippen LogP contribution in [0.2, 0.25) is 0 Å². The lowest BCUT2D eigenvalue weighted by atomic mass is 10.2. The van der Waals surface area contributed by atoms with Crippen molar-refractivity contribution in [2.24, 2.45) is 0 Å². The summed E-state index contributed by atoms with van der Waals surface area (Å²) in [5.41, 5.74) is 4.05. The molecule has 0 amide bonds. The zero-order valence-corrected chi connectivity index (χ0v) is 17.1. The fourth-order valence-corrected chi connectivity index (χ4v) is 3.99. The number of halogens is 2. The van der Waals surface area contributed by atoms with Crippen molar-refractivity contribution in [1.29, 1.82) is 0 Å². The van der Waals surface area contributed by atoms with Crippen LogP contribution in [0.4, 0.5) is 0 Å². The van der Waals surface area contributed by atoms with Crippen molar-refractivity contribution in [2.75, 3.05) is 0 Å². The Balaban J connectivity index is 1.85. The molecule has 0 bridgehead atoms. The molecule has 3 nitrogen and oxygen atoms in total. The molecule has 0 N–H and O–H groups in total. The molecule has 0 fully saturated rings. The molecule has 0 aliphatic carbocycles. The average molecular weight is 472 g/mol. The van der Waals surface area contributed by atoms with E-state index in [0.29, 0.717) is 13.1 Å². The van der Waals surface area contributed by atoms with E-state index in [2.05, 4.69) is 31.9 Å². The summed E-state index contributed by atoms with van der Waals surface area (Å²) in [6.07, 6.45) is 0. The van der Waals surface area contributed by atoms with E-state index in [0.717, 1.165) is 31.1 Å². The Morgan fingerprint density at radius 1 is 0.615 bits per heavy atom. The van der Waals surface area contributed by atoms with Gasteiger partial charge in [0.15, 0.2) is 0 Å². The summed E-state index contributed by atoms with van der Waals surface area (Å²) in [6, 6.07) is 24.0. The minimum Gasteiger partial charge on any atom is -0.287 e. The third-order valence-electron chi connectivity index (χ3n) is 4.50. The molecular weight excluding hydrogens is 456 g/mol. The highest BCUT2D eigenvalue weighted by Crippen LogP contribution is 2.22. The van der Waals surface area contributed by atoms with E-state index in [4.69, 9.17) is 0 Å². The number of imidazole rings is 1. The van der Waals surface area contributed by atoms with Gasteiger partial charge < -0.3 is 0 Å². The lowest BCUT2D eigenvalue weighted by Crippen LogP contribution is -2.25. The minimum atomic E-state index is -0.00212. The fourth-order valence-electron chi connectivity index (χ4n) is 3.17. The van der Waals surface area contributed by atoms with Crippen LogP contribution in [-0.4, -0.2) is 9.13 Å². The number of rotatable bonds is 4. The number of hydrogen-bond acceptors (Lipinski definition) is 1. The molecule has 0 spiro atoms. The van der Waals surface area contributed by atoms with E-state index >= 15 is 0 Å². The molecule has 0 atom stereocenters. The molecule has 26 heavy (non-hydrogen) atoms. The smallest absolute Gasteiger partial charge is 0.287 e. The van der Waals surface area contributed by atoms with Gasteiger partial charge >= 0.3 is 5.69 Å². The molecule has 0 saturated heterocycles. The molecule has 5 heteroatoms. The summed E-state index contributed by atoms with van der Waals surface area (Å²) in [4.78, 5) is 13.2. The Bertz CT molecular complexity index is 1060. The predicted octanol–water partition coefficient (Wildman–Crippen LogP) is 5.42. The van der Waals surface area contributed by atoms with Gasteiger partial charge in [-0.2, -0.15) is 0 Å². The van der Waals surface area contributed by atoms with Gasteiger partial charge in [0, 0.05) is 8.95 Å². The van der Waals surface area contributed by atoms with Gasteiger partial charge in [-0.3, -0.25) is 9.13 Å². The molecule has 0 unspecified atom stereocenters. The summed E-state index contributed by atoms with van der Waals surface area (Å²) in [5.74, 6) is 0. The molecule has 0 aliphatic heterocycles. The number of fused-ring (bicyclic) bond motifs is 1. The first-order chi connectivity index (χ1) is 12.6. The van der Waals surface area contributed by atoms with Crippen molar-refractivity contribution in [3.63, 3.8) is 0 Å². The maximum Gasteiger partial charge on any atom is 0.329 e. The van der Waals surface area contributed by atoms with Gasteiger partial charge in [0.05, 0.1) is 24.1 Å². The second-order valence-corrected chi connectivity index (χ2v) is 7.84. The maximum atomic E-state index is 13.2. The third-order valence-corrected chi connectivity index (χ3v) is 6.04. The minimum absolute atomic E-state index is 0.00212. The first-order valence-electron chi connectivity index (χ1n) is 8.30. The Kier molecular flexibility index (Phi) is 4.83. The molecule has 3 aromatic carbocycles. The van der Waals surface area contributed by atoms with Gasteiger partial charge in [-0.05, 0) is 35.4 Å². The summed E-state index contributed by atoms with van der Waals surface area (Å²) in [6.45, 7) is 1.06. The summed E-state index contributed by atoms with van der Waals surface area (Å²) < 4.78 is 5.70. The zero-order chi connectivity index (χ0) is 18.1. The third kappa shape index (κ3) is 3.17. The molecule has 4 rings (SSSR count). The SMILES string of the molecule is O=c1n(Cc2ccccc2Br)c2ccccc2n1Cc1ccccc1Br. The molecule has 0 radical (unpaired) electrons. The van der Waals surface area contributed by atoms with E-state index in [1.165, 1.54) is 0 Å². The topological polar surface area (TPSA) is 26.9 Å². The van der Waals surface area contributed by atoms with Crippen LogP contribution < -0.4 is 5.69 Å². The molecule has 0 aliphatic rings. The Hall–Kier alpha value is -2.11. The number of para-hydroxylation sites is 2. The standard InChI is InChI=1S/C21H16Br2N2O/c22-17-9-3-1-7-15(17)13-24-19-11-5-6-12-20(19)25(21(24)26)14-16-8-2-4-10-18(16)23/h1-12H,13-14H2. The summed E-state index contributed by atoms with van der Waals surface area (Å²) in [7, 11) is 0. The van der Waals surface area contributed by atoms with Crippen molar-refractivity contribution < 1.29 is 0 Å². The van der Waals surface area contributed by atoms with Crippen LogP contribution in [0, 0.1) is 0 Å². The average Bonchev–Trinajstić information content (AvgIpc) is 2.91. The van der Waals surface area contributed by atoms with Crippen LogP contribution in [0.15, 0.2) is 86.5 Å². The summed E-state index contributed by atoms with van der Waals surface area (Å²) in [5, 5.41) is 0. The lowest BCUT2D eigenvalue weighted by molar-refractivity contribution is 0.699.